The average molecular weight is 424 g/mol. The predicted molar refractivity (Wildman–Crippen MR) is 112 cm³/mol. The van der Waals surface area contributed by atoms with Crippen LogP contribution < -0.4 is 14.8 Å². The highest BCUT2D eigenvalue weighted by Gasteiger charge is 2.47. The van der Waals surface area contributed by atoms with Gasteiger partial charge in [0.2, 0.25) is 18.0 Å². The second-order valence-electron chi connectivity index (χ2n) is 7.42. The second-order valence-corrected chi connectivity index (χ2v) is 7.42. The minimum Gasteiger partial charge on any atom is -0.493 e. The molecule has 1 saturated heterocycles. The third kappa shape index (κ3) is 3.58. The Morgan fingerprint density at radius 2 is 1.87 bits per heavy atom. The van der Waals surface area contributed by atoms with E-state index in [1.54, 1.807) is 12.1 Å². The fraction of sp³-hybridized carbons (Fsp3) is 0.348. The van der Waals surface area contributed by atoms with Crippen LogP contribution in [0.5, 0.6) is 11.5 Å². The summed E-state index contributed by atoms with van der Waals surface area (Å²) in [5, 5.41) is 2.87. The number of carbonyl (C=O) groups is 3. The average Bonchev–Trinajstić information content (AvgIpc) is 3.33. The molecule has 162 valence electrons. The van der Waals surface area contributed by atoms with E-state index >= 15 is 0 Å². The number of cyclic esters (lactones) is 1. The lowest BCUT2D eigenvalue weighted by Crippen LogP contribution is -2.43. The lowest BCUT2D eigenvalue weighted by molar-refractivity contribution is -0.144. The van der Waals surface area contributed by atoms with Crippen LogP contribution in [0.2, 0.25) is 0 Å². The summed E-state index contributed by atoms with van der Waals surface area (Å²) < 4.78 is 16.1. The molecule has 1 N–H and O–H groups in total. The number of methoxy groups -OCH3 is 2. The summed E-state index contributed by atoms with van der Waals surface area (Å²) in [6, 6.07) is 10.1. The van der Waals surface area contributed by atoms with Crippen LogP contribution in [0.4, 0.5) is 5.69 Å². The van der Waals surface area contributed by atoms with E-state index in [1.807, 2.05) is 24.3 Å². The van der Waals surface area contributed by atoms with Crippen LogP contribution in [0.1, 0.15) is 47.5 Å². The molecule has 1 unspecified atom stereocenters. The Morgan fingerprint density at radius 1 is 1.13 bits per heavy atom. The maximum atomic E-state index is 13.0. The Hall–Kier alpha value is -3.55. The van der Waals surface area contributed by atoms with Crippen molar-refractivity contribution in [1.29, 1.82) is 0 Å². The maximum Gasteiger partial charge on any atom is 0.344 e. The highest BCUT2D eigenvalue weighted by molar-refractivity contribution is 6.01. The zero-order valence-electron chi connectivity index (χ0n) is 17.6. The minimum absolute atomic E-state index is 0.198. The van der Waals surface area contributed by atoms with Gasteiger partial charge in [-0.15, -0.1) is 0 Å². The van der Waals surface area contributed by atoms with E-state index in [0.29, 0.717) is 23.4 Å². The number of anilines is 1. The second kappa shape index (κ2) is 8.29. The van der Waals surface area contributed by atoms with Crippen LogP contribution in [0.25, 0.3) is 0 Å². The Kier molecular flexibility index (Phi) is 5.54. The zero-order valence-corrected chi connectivity index (χ0v) is 17.6. The number of benzene rings is 2. The number of carbonyl (C=O) groups excluding carboxylic acids is 3. The van der Waals surface area contributed by atoms with Gasteiger partial charge >= 0.3 is 5.97 Å². The standard InChI is InChI=1S/C23H24N2O6/c1-4-13-5-7-14(8-6-13)24-21(27)16-10-12-18(26)25(16)22-15-9-11-17(29-2)20(30-3)19(15)23(28)31-22/h5-9,11,16,22H,4,10,12H2,1-3H3,(H,24,27)/t16-,22?/m0/s1. The Bertz CT molecular complexity index is 1030. The fourth-order valence-corrected chi connectivity index (χ4v) is 4.09. The number of ether oxygens (including phenoxy) is 3. The van der Waals surface area contributed by atoms with Gasteiger partial charge in [0.15, 0.2) is 11.5 Å². The summed E-state index contributed by atoms with van der Waals surface area (Å²) >= 11 is 0. The monoisotopic (exact) mass is 424 g/mol. The van der Waals surface area contributed by atoms with Crippen molar-refractivity contribution in [2.45, 2.75) is 38.5 Å². The highest BCUT2D eigenvalue weighted by atomic mass is 16.6. The number of hydrogen-bond donors (Lipinski definition) is 1. The number of rotatable bonds is 6. The van der Waals surface area contributed by atoms with Gasteiger partial charge in [0.05, 0.1) is 14.2 Å². The smallest absolute Gasteiger partial charge is 0.344 e. The zero-order chi connectivity index (χ0) is 22.1. The number of esters is 1. The van der Waals surface area contributed by atoms with Gasteiger partial charge in [0, 0.05) is 17.7 Å². The first-order valence-electron chi connectivity index (χ1n) is 10.1. The van der Waals surface area contributed by atoms with Crippen LogP contribution in [-0.4, -0.2) is 42.9 Å². The van der Waals surface area contributed by atoms with Crippen LogP contribution in [0, 0.1) is 0 Å². The van der Waals surface area contributed by atoms with Gasteiger partial charge in [-0.05, 0) is 42.7 Å². The third-order valence-corrected chi connectivity index (χ3v) is 5.71. The number of aryl methyl sites for hydroxylation is 1. The molecule has 0 aromatic heterocycles. The summed E-state index contributed by atoms with van der Waals surface area (Å²) in [4.78, 5) is 39.7. The first kappa shape index (κ1) is 20.7. The molecule has 0 saturated carbocycles. The largest absolute Gasteiger partial charge is 0.493 e. The van der Waals surface area contributed by atoms with E-state index in [1.165, 1.54) is 19.1 Å². The normalized spacial score (nSPS) is 19.8. The summed E-state index contributed by atoms with van der Waals surface area (Å²) in [5.41, 5.74) is 2.50. The van der Waals surface area contributed by atoms with Gasteiger partial charge in [-0.2, -0.15) is 0 Å². The van der Waals surface area contributed by atoms with E-state index in [9.17, 15) is 14.4 Å². The van der Waals surface area contributed by atoms with Gasteiger partial charge < -0.3 is 19.5 Å². The van der Waals surface area contributed by atoms with Crippen LogP contribution in [-0.2, 0) is 20.7 Å². The molecular weight excluding hydrogens is 400 g/mol. The molecule has 1 fully saturated rings. The molecule has 2 aromatic rings. The maximum absolute atomic E-state index is 13.0. The minimum atomic E-state index is -0.990. The molecule has 8 heteroatoms. The molecule has 0 bridgehead atoms. The summed E-state index contributed by atoms with van der Waals surface area (Å²) in [5.74, 6) is -0.556. The molecule has 8 nitrogen and oxygen atoms in total. The van der Waals surface area contributed by atoms with Crippen molar-refractivity contribution in [2.75, 3.05) is 19.5 Å². The van der Waals surface area contributed by atoms with Crippen molar-refractivity contribution in [3.63, 3.8) is 0 Å². The molecule has 0 spiro atoms. The molecule has 2 aliphatic rings. The number of amides is 2. The van der Waals surface area contributed by atoms with Crippen LogP contribution in [0.15, 0.2) is 36.4 Å². The molecule has 4 rings (SSSR count). The molecule has 2 aliphatic heterocycles. The van der Waals surface area contributed by atoms with Crippen molar-refractivity contribution in [3.8, 4) is 11.5 Å². The van der Waals surface area contributed by atoms with Crippen molar-refractivity contribution in [2.24, 2.45) is 0 Å². The molecule has 31 heavy (non-hydrogen) atoms. The SMILES string of the molecule is CCc1ccc(NC(=O)[C@@H]2CCC(=O)N2C2OC(=O)c3c2ccc(OC)c3OC)cc1. The van der Waals surface area contributed by atoms with Gasteiger partial charge in [-0.25, -0.2) is 4.79 Å². The number of hydrogen-bond acceptors (Lipinski definition) is 6. The summed E-state index contributed by atoms with van der Waals surface area (Å²) in [6.45, 7) is 2.06. The molecule has 2 aromatic carbocycles. The van der Waals surface area contributed by atoms with E-state index in [0.717, 1.165) is 12.0 Å². The lowest BCUT2D eigenvalue weighted by atomic mass is 10.0. The fourth-order valence-electron chi connectivity index (χ4n) is 4.09. The molecule has 0 radical (unpaired) electrons. The van der Waals surface area contributed by atoms with Gasteiger partial charge in [-0.1, -0.05) is 19.1 Å². The Labute approximate surface area is 180 Å². The van der Waals surface area contributed by atoms with E-state index in [4.69, 9.17) is 14.2 Å². The van der Waals surface area contributed by atoms with E-state index in [2.05, 4.69) is 12.2 Å². The number of likely N-dealkylation sites (tertiary alicyclic amines) is 1. The topological polar surface area (TPSA) is 94.2 Å². The van der Waals surface area contributed by atoms with E-state index < -0.39 is 18.2 Å². The number of nitrogens with zero attached hydrogens (tertiary/aromatic N) is 1. The summed E-state index contributed by atoms with van der Waals surface area (Å²) in [7, 11) is 2.90. The van der Waals surface area contributed by atoms with E-state index in [-0.39, 0.29) is 29.5 Å². The molecule has 2 atom stereocenters. The van der Waals surface area contributed by atoms with Crippen molar-refractivity contribution >= 4 is 23.5 Å². The van der Waals surface area contributed by atoms with Crippen LogP contribution in [0.3, 0.4) is 0 Å². The molecule has 2 heterocycles. The lowest BCUT2D eigenvalue weighted by Gasteiger charge is -2.29. The summed E-state index contributed by atoms with van der Waals surface area (Å²) in [6.07, 6.45) is 0.452. The van der Waals surface area contributed by atoms with Gasteiger partial charge in [-0.3, -0.25) is 14.5 Å². The third-order valence-electron chi connectivity index (χ3n) is 5.71. The number of fused-ring (bicyclic) bond motifs is 1. The first-order valence-corrected chi connectivity index (χ1v) is 10.1. The van der Waals surface area contributed by atoms with Gasteiger partial charge in [0.25, 0.3) is 0 Å². The predicted octanol–water partition coefficient (Wildman–Crippen LogP) is 3.06. The highest BCUT2D eigenvalue weighted by Crippen LogP contribution is 2.45. The Morgan fingerprint density at radius 3 is 2.52 bits per heavy atom. The van der Waals surface area contributed by atoms with Crippen molar-refractivity contribution < 1.29 is 28.6 Å². The molecule has 2 amide bonds. The first-order chi connectivity index (χ1) is 15.0. The van der Waals surface area contributed by atoms with Crippen molar-refractivity contribution in [1.82, 2.24) is 4.90 Å². The van der Waals surface area contributed by atoms with Crippen molar-refractivity contribution in [3.05, 3.63) is 53.1 Å². The van der Waals surface area contributed by atoms with Gasteiger partial charge in [0.1, 0.15) is 11.6 Å². The van der Waals surface area contributed by atoms with Crippen LogP contribution >= 0.6 is 0 Å². The molecule has 0 aliphatic carbocycles. The Balaban J connectivity index is 1.62. The molecular formula is C23H24N2O6. The number of nitrogens with one attached hydrogen (secondary N) is 1. The quantitative estimate of drug-likeness (QED) is 0.717.